The molecule has 0 aromatic rings. The molecule has 0 heterocycles. The van der Waals surface area contributed by atoms with E-state index >= 15 is 0 Å². The molecule has 96 valence electrons. The number of sulfone groups is 1. The number of hydrogen-bond acceptors (Lipinski definition) is 4. The summed E-state index contributed by atoms with van der Waals surface area (Å²) < 4.78 is 22.7. The third-order valence-electron chi connectivity index (χ3n) is 2.24. The van der Waals surface area contributed by atoms with Gasteiger partial charge in [0.1, 0.15) is 5.78 Å². The largest absolute Gasteiger partial charge is 0.325 e. The maximum Gasteiger partial charge on any atom is 0.155 e. The molecule has 0 aliphatic rings. The van der Waals surface area contributed by atoms with Crippen LogP contribution in [0.2, 0.25) is 0 Å². The molecule has 0 rings (SSSR count). The summed E-state index contributed by atoms with van der Waals surface area (Å²) in [5, 5.41) is 0. The van der Waals surface area contributed by atoms with E-state index in [2.05, 4.69) is 0 Å². The SMILES string of the molecule is CC(C)(N)CC(=O)CCS(=O)(=O)C(C)(C)C. The highest BCUT2D eigenvalue weighted by atomic mass is 32.2. The van der Waals surface area contributed by atoms with Crippen molar-refractivity contribution in [3.8, 4) is 0 Å². The van der Waals surface area contributed by atoms with Gasteiger partial charge in [-0.2, -0.15) is 0 Å². The molecule has 0 amide bonds. The lowest BCUT2D eigenvalue weighted by atomic mass is 9.98. The van der Waals surface area contributed by atoms with E-state index in [4.69, 9.17) is 5.73 Å². The second-order valence-electron chi connectivity index (χ2n) is 5.89. The molecule has 0 aliphatic heterocycles. The maximum atomic E-state index is 11.7. The number of carbonyl (C=O) groups is 1. The Bertz CT molecular complexity index is 344. The second-order valence-corrected chi connectivity index (χ2v) is 8.75. The minimum atomic E-state index is -3.21. The number of ketones is 1. The third-order valence-corrected chi connectivity index (χ3v) is 4.84. The Morgan fingerprint density at radius 3 is 1.88 bits per heavy atom. The van der Waals surface area contributed by atoms with Crippen molar-refractivity contribution in [3.63, 3.8) is 0 Å². The first-order valence-corrected chi connectivity index (χ1v) is 7.03. The molecule has 2 N–H and O–H groups in total. The molecular formula is C11H23NO3S. The Kier molecular flexibility index (Phi) is 4.71. The molecule has 0 aromatic heterocycles. The Balaban J connectivity index is 4.34. The van der Waals surface area contributed by atoms with Gasteiger partial charge in [0.05, 0.1) is 10.5 Å². The van der Waals surface area contributed by atoms with Crippen LogP contribution in [0.25, 0.3) is 0 Å². The first-order chi connectivity index (χ1) is 6.85. The summed E-state index contributed by atoms with van der Waals surface area (Å²) in [6.07, 6.45) is 0.271. The van der Waals surface area contributed by atoms with Crippen LogP contribution in [0.3, 0.4) is 0 Å². The van der Waals surface area contributed by atoms with Crippen LogP contribution in [-0.4, -0.2) is 30.2 Å². The molecule has 0 fully saturated rings. The van der Waals surface area contributed by atoms with E-state index in [1.165, 1.54) is 0 Å². The van der Waals surface area contributed by atoms with Gasteiger partial charge < -0.3 is 5.73 Å². The monoisotopic (exact) mass is 249 g/mol. The number of Topliss-reactive ketones (excluding diaryl/α,β-unsaturated/α-hetero) is 1. The van der Waals surface area contributed by atoms with Gasteiger partial charge >= 0.3 is 0 Å². The Morgan fingerprint density at radius 2 is 1.56 bits per heavy atom. The van der Waals surface area contributed by atoms with Crippen molar-refractivity contribution >= 4 is 15.6 Å². The van der Waals surface area contributed by atoms with E-state index in [9.17, 15) is 13.2 Å². The molecule has 0 spiro atoms. The molecule has 0 radical (unpaired) electrons. The molecule has 5 heteroatoms. The average molecular weight is 249 g/mol. The quantitative estimate of drug-likeness (QED) is 0.796. The lowest BCUT2D eigenvalue weighted by Gasteiger charge is -2.20. The van der Waals surface area contributed by atoms with Crippen molar-refractivity contribution in [3.05, 3.63) is 0 Å². The summed E-state index contributed by atoms with van der Waals surface area (Å²) in [6.45, 7) is 8.42. The van der Waals surface area contributed by atoms with Gasteiger partial charge in [0, 0.05) is 18.4 Å². The average Bonchev–Trinajstić information content (AvgIpc) is 1.95. The first kappa shape index (κ1) is 15.6. The molecule has 0 aliphatic carbocycles. The first-order valence-electron chi connectivity index (χ1n) is 5.38. The highest BCUT2D eigenvalue weighted by Crippen LogP contribution is 2.17. The summed E-state index contributed by atoms with van der Waals surface area (Å²) in [5.41, 5.74) is 5.12. The van der Waals surface area contributed by atoms with Gasteiger partial charge in [0.15, 0.2) is 9.84 Å². The van der Waals surface area contributed by atoms with E-state index in [0.29, 0.717) is 0 Å². The van der Waals surface area contributed by atoms with E-state index in [0.717, 1.165) is 0 Å². The van der Waals surface area contributed by atoms with Crippen LogP contribution in [0, 0.1) is 0 Å². The van der Waals surface area contributed by atoms with Crippen LogP contribution < -0.4 is 5.73 Å². The molecule has 0 aromatic carbocycles. The van der Waals surface area contributed by atoms with Gasteiger partial charge in [-0.05, 0) is 34.6 Å². The fraction of sp³-hybridized carbons (Fsp3) is 0.909. The van der Waals surface area contributed by atoms with Crippen LogP contribution in [0.4, 0.5) is 0 Å². The normalized spacial score (nSPS) is 13.9. The van der Waals surface area contributed by atoms with E-state index in [-0.39, 0.29) is 24.4 Å². The zero-order valence-electron chi connectivity index (χ0n) is 10.8. The number of hydrogen-bond donors (Lipinski definition) is 1. The van der Waals surface area contributed by atoms with Gasteiger partial charge in [-0.1, -0.05) is 0 Å². The van der Waals surface area contributed by atoms with Crippen molar-refractivity contribution in [2.75, 3.05) is 5.75 Å². The lowest BCUT2D eigenvalue weighted by Crippen LogP contribution is -2.36. The van der Waals surface area contributed by atoms with Crippen molar-refractivity contribution < 1.29 is 13.2 Å². The minimum Gasteiger partial charge on any atom is -0.325 e. The van der Waals surface area contributed by atoms with Gasteiger partial charge in [-0.25, -0.2) is 8.42 Å². The van der Waals surface area contributed by atoms with Gasteiger partial charge in [0.2, 0.25) is 0 Å². The van der Waals surface area contributed by atoms with E-state index in [1.54, 1.807) is 34.6 Å². The Hall–Kier alpha value is -0.420. The molecule has 0 saturated carbocycles. The molecule has 0 saturated heterocycles. The minimum absolute atomic E-state index is 0.0558. The maximum absolute atomic E-state index is 11.7. The van der Waals surface area contributed by atoms with Crippen molar-refractivity contribution in [1.29, 1.82) is 0 Å². The predicted octanol–water partition coefficient (Wildman–Crippen LogP) is 1.29. The highest BCUT2D eigenvalue weighted by molar-refractivity contribution is 7.92. The number of nitrogens with two attached hydrogens (primary N) is 1. The lowest BCUT2D eigenvalue weighted by molar-refractivity contribution is -0.119. The highest BCUT2D eigenvalue weighted by Gasteiger charge is 2.29. The number of carbonyl (C=O) groups excluding carboxylic acids is 1. The summed E-state index contributed by atoms with van der Waals surface area (Å²) in [6, 6.07) is 0. The number of rotatable bonds is 5. The van der Waals surface area contributed by atoms with Crippen LogP contribution in [0.5, 0.6) is 0 Å². The summed E-state index contributed by atoms with van der Waals surface area (Å²) >= 11 is 0. The van der Waals surface area contributed by atoms with Crippen LogP contribution in [0.15, 0.2) is 0 Å². The van der Waals surface area contributed by atoms with Crippen LogP contribution in [0.1, 0.15) is 47.5 Å². The van der Waals surface area contributed by atoms with E-state index in [1.807, 2.05) is 0 Å². The summed E-state index contributed by atoms with van der Waals surface area (Å²) in [7, 11) is -3.21. The zero-order chi connectivity index (χ0) is 13.2. The molecule has 0 atom stereocenters. The van der Waals surface area contributed by atoms with Crippen molar-refractivity contribution in [2.24, 2.45) is 5.73 Å². The topological polar surface area (TPSA) is 77.2 Å². The predicted molar refractivity (Wildman–Crippen MR) is 66.0 cm³/mol. The van der Waals surface area contributed by atoms with Gasteiger partial charge in [0.25, 0.3) is 0 Å². The van der Waals surface area contributed by atoms with Crippen molar-refractivity contribution in [2.45, 2.75) is 57.7 Å². The third kappa shape index (κ3) is 5.61. The van der Waals surface area contributed by atoms with Crippen LogP contribution >= 0.6 is 0 Å². The van der Waals surface area contributed by atoms with E-state index < -0.39 is 20.1 Å². The molecule has 0 bridgehead atoms. The summed E-state index contributed by atoms with van der Waals surface area (Å²) in [5.74, 6) is -0.189. The molecule has 0 unspecified atom stereocenters. The molecular weight excluding hydrogens is 226 g/mol. The fourth-order valence-corrected chi connectivity index (χ4v) is 2.26. The van der Waals surface area contributed by atoms with Gasteiger partial charge in [-0.3, -0.25) is 4.79 Å². The van der Waals surface area contributed by atoms with Crippen LogP contribution in [-0.2, 0) is 14.6 Å². The second kappa shape index (κ2) is 4.84. The standard InChI is InChI=1S/C11H23NO3S/c1-10(2,3)16(14,15)7-6-9(13)8-11(4,5)12/h6-8,12H2,1-5H3. The molecule has 16 heavy (non-hydrogen) atoms. The van der Waals surface area contributed by atoms with Crippen molar-refractivity contribution in [1.82, 2.24) is 0 Å². The molecule has 4 nitrogen and oxygen atoms in total. The Morgan fingerprint density at radius 1 is 1.12 bits per heavy atom. The van der Waals surface area contributed by atoms with Gasteiger partial charge in [-0.15, -0.1) is 0 Å². The smallest absolute Gasteiger partial charge is 0.155 e. The Labute approximate surface area is 98.5 Å². The summed E-state index contributed by atoms with van der Waals surface area (Å²) in [4.78, 5) is 11.5. The fourth-order valence-electron chi connectivity index (χ4n) is 1.15. The zero-order valence-corrected chi connectivity index (χ0v) is 11.6.